The van der Waals surface area contributed by atoms with Crippen LogP contribution in [0.25, 0.3) is 0 Å². The summed E-state index contributed by atoms with van der Waals surface area (Å²) in [5.41, 5.74) is 0.529. The molecule has 0 spiro atoms. The van der Waals surface area contributed by atoms with Crippen molar-refractivity contribution in [1.82, 2.24) is 5.32 Å². The fourth-order valence-corrected chi connectivity index (χ4v) is 2.54. The fourth-order valence-electron chi connectivity index (χ4n) is 1.59. The van der Waals surface area contributed by atoms with E-state index in [9.17, 15) is 9.59 Å². The number of rotatable bonds is 6. The van der Waals surface area contributed by atoms with Crippen LogP contribution in [0.2, 0.25) is 0 Å². The first-order chi connectivity index (χ1) is 8.95. The van der Waals surface area contributed by atoms with E-state index in [2.05, 4.69) is 5.32 Å². The number of carboxylic acids is 1. The average molecular weight is 281 g/mol. The van der Waals surface area contributed by atoms with Crippen molar-refractivity contribution >= 4 is 23.6 Å². The molecule has 0 heterocycles. The van der Waals surface area contributed by atoms with E-state index in [0.717, 1.165) is 4.90 Å². The molecule has 1 aromatic rings. The van der Waals surface area contributed by atoms with Gasteiger partial charge in [-0.25, -0.2) is 4.79 Å². The number of hydrogen-bond donors (Lipinski definition) is 2. The number of nitrogens with one attached hydrogen (secondary N) is 1. The molecule has 0 aliphatic heterocycles. The number of aliphatic carboxylic acids is 1. The molecule has 0 saturated carbocycles. The number of amides is 1. The van der Waals surface area contributed by atoms with Crippen LogP contribution in [0.3, 0.4) is 0 Å². The lowest BCUT2D eigenvalue weighted by molar-refractivity contribution is -0.139. The Hall–Kier alpha value is -1.49. The van der Waals surface area contributed by atoms with E-state index < -0.39 is 12.0 Å². The molecule has 0 aromatic heterocycles. The Morgan fingerprint density at radius 3 is 2.47 bits per heavy atom. The van der Waals surface area contributed by atoms with Crippen molar-refractivity contribution in [3.05, 3.63) is 29.8 Å². The number of thioether (sulfide) groups is 1. The van der Waals surface area contributed by atoms with Gasteiger partial charge in [0.15, 0.2) is 0 Å². The van der Waals surface area contributed by atoms with E-state index in [1.165, 1.54) is 0 Å². The van der Waals surface area contributed by atoms with Gasteiger partial charge in [0, 0.05) is 10.1 Å². The van der Waals surface area contributed by atoms with Crippen molar-refractivity contribution < 1.29 is 14.7 Å². The molecule has 1 unspecified atom stereocenters. The Balaban J connectivity index is 2.90. The lowest BCUT2D eigenvalue weighted by Crippen LogP contribution is -2.40. The van der Waals surface area contributed by atoms with Crippen LogP contribution in [0.15, 0.2) is 29.2 Å². The molecule has 5 heteroatoms. The number of carboxylic acid groups (broad SMARTS) is 1. The van der Waals surface area contributed by atoms with Crippen LogP contribution in [0, 0.1) is 0 Å². The molecule has 0 aliphatic rings. The monoisotopic (exact) mass is 281 g/mol. The van der Waals surface area contributed by atoms with Crippen molar-refractivity contribution in [2.45, 2.75) is 43.4 Å². The zero-order valence-electron chi connectivity index (χ0n) is 11.3. The third-order valence-corrected chi connectivity index (χ3v) is 3.59. The maximum Gasteiger partial charge on any atom is 0.326 e. The predicted octanol–water partition coefficient (Wildman–Crippen LogP) is 2.78. The number of benzene rings is 1. The highest BCUT2D eigenvalue weighted by Gasteiger charge is 2.20. The molecule has 1 amide bonds. The second-order valence-electron chi connectivity index (χ2n) is 4.44. The van der Waals surface area contributed by atoms with Crippen LogP contribution >= 0.6 is 11.8 Å². The third kappa shape index (κ3) is 4.59. The van der Waals surface area contributed by atoms with E-state index in [1.807, 2.05) is 26.0 Å². The molecule has 0 bridgehead atoms. The average Bonchev–Trinajstić information content (AvgIpc) is 2.35. The summed E-state index contributed by atoms with van der Waals surface area (Å²) in [6.07, 6.45) is 0.362. The highest BCUT2D eigenvalue weighted by molar-refractivity contribution is 8.00. The van der Waals surface area contributed by atoms with Gasteiger partial charge in [0.1, 0.15) is 6.04 Å². The maximum atomic E-state index is 12.1. The van der Waals surface area contributed by atoms with E-state index in [1.54, 1.807) is 30.8 Å². The molecule has 0 radical (unpaired) electrons. The van der Waals surface area contributed by atoms with Gasteiger partial charge in [-0.05, 0) is 18.6 Å². The first-order valence-corrected chi connectivity index (χ1v) is 7.13. The smallest absolute Gasteiger partial charge is 0.326 e. The van der Waals surface area contributed by atoms with Gasteiger partial charge in [0.2, 0.25) is 0 Å². The first-order valence-electron chi connectivity index (χ1n) is 6.25. The van der Waals surface area contributed by atoms with Gasteiger partial charge in [-0.2, -0.15) is 0 Å². The predicted molar refractivity (Wildman–Crippen MR) is 76.6 cm³/mol. The zero-order chi connectivity index (χ0) is 14.4. The molecule has 1 atom stereocenters. The molecule has 2 N–H and O–H groups in total. The van der Waals surface area contributed by atoms with E-state index in [4.69, 9.17) is 5.11 Å². The largest absolute Gasteiger partial charge is 0.480 e. The maximum absolute atomic E-state index is 12.1. The molecule has 0 aliphatic carbocycles. The van der Waals surface area contributed by atoms with Gasteiger partial charge in [-0.1, -0.05) is 32.9 Å². The SMILES string of the molecule is CCC(NC(=O)c1ccccc1SC(C)C)C(=O)O. The Bertz CT molecular complexity index is 460. The lowest BCUT2D eigenvalue weighted by Gasteiger charge is -2.15. The van der Waals surface area contributed by atoms with Crippen LogP contribution in [0.5, 0.6) is 0 Å². The quantitative estimate of drug-likeness (QED) is 0.787. The Labute approximate surface area is 117 Å². The molecule has 0 fully saturated rings. The Kier molecular flexibility index (Phi) is 5.89. The van der Waals surface area contributed by atoms with Crippen LogP contribution in [-0.4, -0.2) is 28.3 Å². The van der Waals surface area contributed by atoms with Crippen molar-refractivity contribution in [3.63, 3.8) is 0 Å². The molecule has 104 valence electrons. The molecule has 4 nitrogen and oxygen atoms in total. The molecule has 19 heavy (non-hydrogen) atoms. The van der Waals surface area contributed by atoms with Crippen LogP contribution < -0.4 is 5.32 Å². The topological polar surface area (TPSA) is 66.4 Å². The molecular formula is C14H19NO3S. The normalized spacial score (nSPS) is 12.2. The minimum atomic E-state index is -1.01. The molecule has 0 saturated heterocycles. The lowest BCUT2D eigenvalue weighted by atomic mass is 10.1. The molecular weight excluding hydrogens is 262 g/mol. The van der Waals surface area contributed by atoms with Gasteiger partial charge in [-0.15, -0.1) is 11.8 Å². The summed E-state index contributed by atoms with van der Waals surface area (Å²) >= 11 is 1.59. The van der Waals surface area contributed by atoms with Crippen LogP contribution in [-0.2, 0) is 4.79 Å². The number of hydrogen-bond acceptors (Lipinski definition) is 3. The van der Waals surface area contributed by atoms with Crippen molar-refractivity contribution in [2.24, 2.45) is 0 Å². The highest BCUT2D eigenvalue weighted by Crippen LogP contribution is 2.26. The summed E-state index contributed by atoms with van der Waals surface area (Å²) in [5, 5.41) is 11.9. The summed E-state index contributed by atoms with van der Waals surface area (Å²) < 4.78 is 0. The fraction of sp³-hybridized carbons (Fsp3) is 0.429. The van der Waals surface area contributed by atoms with Gasteiger partial charge >= 0.3 is 5.97 Å². The van der Waals surface area contributed by atoms with Crippen molar-refractivity contribution in [3.8, 4) is 0 Å². The highest BCUT2D eigenvalue weighted by atomic mass is 32.2. The van der Waals surface area contributed by atoms with Gasteiger partial charge in [-0.3, -0.25) is 4.79 Å². The van der Waals surface area contributed by atoms with Gasteiger partial charge in [0.25, 0.3) is 5.91 Å². The summed E-state index contributed by atoms with van der Waals surface area (Å²) in [7, 11) is 0. The van der Waals surface area contributed by atoms with Crippen LogP contribution in [0.1, 0.15) is 37.6 Å². The van der Waals surface area contributed by atoms with Crippen molar-refractivity contribution in [1.29, 1.82) is 0 Å². The molecule has 1 aromatic carbocycles. The Morgan fingerprint density at radius 2 is 1.95 bits per heavy atom. The van der Waals surface area contributed by atoms with Gasteiger partial charge < -0.3 is 10.4 Å². The Morgan fingerprint density at radius 1 is 1.32 bits per heavy atom. The van der Waals surface area contributed by atoms with E-state index >= 15 is 0 Å². The first kappa shape index (κ1) is 15.6. The second-order valence-corrected chi connectivity index (χ2v) is 6.05. The summed E-state index contributed by atoms with van der Waals surface area (Å²) in [6.45, 7) is 5.82. The molecule has 1 rings (SSSR count). The van der Waals surface area contributed by atoms with Crippen LogP contribution in [0.4, 0.5) is 0 Å². The van der Waals surface area contributed by atoms with E-state index in [0.29, 0.717) is 17.2 Å². The summed E-state index contributed by atoms with van der Waals surface area (Å²) in [5.74, 6) is -1.34. The minimum Gasteiger partial charge on any atom is -0.480 e. The minimum absolute atomic E-state index is 0.335. The zero-order valence-corrected chi connectivity index (χ0v) is 12.2. The van der Waals surface area contributed by atoms with Crippen molar-refractivity contribution in [2.75, 3.05) is 0 Å². The second kappa shape index (κ2) is 7.19. The standard InChI is InChI=1S/C14H19NO3S/c1-4-11(14(17)18)15-13(16)10-7-5-6-8-12(10)19-9(2)3/h5-9,11H,4H2,1-3H3,(H,15,16)(H,17,18). The summed E-state index contributed by atoms with van der Waals surface area (Å²) in [6, 6.07) is 6.40. The number of carbonyl (C=O) groups is 2. The van der Waals surface area contributed by atoms with Gasteiger partial charge in [0.05, 0.1) is 5.56 Å². The number of carbonyl (C=O) groups excluding carboxylic acids is 1. The third-order valence-electron chi connectivity index (χ3n) is 2.51. The van der Waals surface area contributed by atoms with E-state index in [-0.39, 0.29) is 5.91 Å². The summed E-state index contributed by atoms with van der Waals surface area (Å²) in [4.78, 5) is 23.9.